The molecule has 162 valence electrons. The number of carbonyl (C=O) groups is 4. The number of urea groups is 1. The minimum absolute atomic E-state index is 0.286. The summed E-state index contributed by atoms with van der Waals surface area (Å²) < 4.78 is 0. The van der Waals surface area contributed by atoms with Gasteiger partial charge in [0.2, 0.25) is 5.91 Å². The van der Waals surface area contributed by atoms with Crippen LogP contribution in [-0.4, -0.2) is 42.2 Å². The van der Waals surface area contributed by atoms with Gasteiger partial charge in [-0.2, -0.15) is 0 Å². The molecule has 1 aliphatic heterocycles. The normalized spacial score (nSPS) is 18.0. The van der Waals surface area contributed by atoms with Crippen LogP contribution in [0.3, 0.4) is 0 Å². The van der Waals surface area contributed by atoms with E-state index in [1.807, 2.05) is 24.3 Å². The molecular formula is C23H26N4O4. The summed E-state index contributed by atoms with van der Waals surface area (Å²) >= 11 is 0. The number of benzene rings is 2. The highest BCUT2D eigenvalue weighted by Gasteiger charge is 2.49. The van der Waals surface area contributed by atoms with E-state index in [1.54, 1.807) is 25.1 Å². The minimum atomic E-state index is -1.23. The molecule has 0 saturated carbocycles. The van der Waals surface area contributed by atoms with Crippen LogP contribution in [0.15, 0.2) is 48.5 Å². The number of hydrogen-bond acceptors (Lipinski definition) is 4. The number of imide groups is 1. The molecule has 0 aromatic heterocycles. The molecule has 0 unspecified atom stereocenters. The molecule has 3 rings (SSSR count). The molecule has 8 heteroatoms. The summed E-state index contributed by atoms with van der Waals surface area (Å²) in [5.41, 5.74) is 1.36. The first-order valence-corrected chi connectivity index (χ1v) is 10.1. The van der Waals surface area contributed by atoms with Crippen LogP contribution in [-0.2, 0) is 21.5 Å². The summed E-state index contributed by atoms with van der Waals surface area (Å²) in [5.74, 6) is -1.32. The van der Waals surface area contributed by atoms with Crippen LogP contribution in [0.25, 0.3) is 0 Å². The lowest BCUT2D eigenvalue weighted by Gasteiger charge is -2.22. The zero-order valence-corrected chi connectivity index (χ0v) is 17.8. The number of amides is 5. The van der Waals surface area contributed by atoms with Crippen molar-refractivity contribution in [2.45, 2.75) is 32.2 Å². The van der Waals surface area contributed by atoms with Crippen LogP contribution in [0.5, 0.6) is 0 Å². The SMILES string of the molecule is CCCc1ccc([C@@]2(C)NC(=O)N(CC(=O)Nc3cccc(C(=O)NC)c3)C2=O)cc1. The van der Waals surface area contributed by atoms with Gasteiger partial charge in [-0.1, -0.05) is 43.7 Å². The fourth-order valence-corrected chi connectivity index (χ4v) is 3.56. The molecule has 3 N–H and O–H groups in total. The first-order chi connectivity index (χ1) is 14.8. The van der Waals surface area contributed by atoms with Crippen LogP contribution in [0.1, 0.15) is 41.8 Å². The molecule has 0 bridgehead atoms. The van der Waals surface area contributed by atoms with Gasteiger partial charge in [0.15, 0.2) is 0 Å². The topological polar surface area (TPSA) is 108 Å². The van der Waals surface area contributed by atoms with Gasteiger partial charge in [-0.15, -0.1) is 0 Å². The van der Waals surface area contributed by atoms with Crippen molar-refractivity contribution in [1.82, 2.24) is 15.5 Å². The Balaban J connectivity index is 1.71. The molecule has 1 aliphatic rings. The Morgan fingerprint density at radius 2 is 1.81 bits per heavy atom. The van der Waals surface area contributed by atoms with E-state index in [9.17, 15) is 19.2 Å². The van der Waals surface area contributed by atoms with E-state index in [-0.39, 0.29) is 5.91 Å². The average Bonchev–Trinajstić information content (AvgIpc) is 2.98. The highest BCUT2D eigenvalue weighted by molar-refractivity contribution is 6.10. The van der Waals surface area contributed by atoms with Gasteiger partial charge < -0.3 is 16.0 Å². The summed E-state index contributed by atoms with van der Waals surface area (Å²) in [6.07, 6.45) is 1.95. The zero-order chi connectivity index (χ0) is 22.6. The van der Waals surface area contributed by atoms with E-state index in [2.05, 4.69) is 22.9 Å². The predicted octanol–water partition coefficient (Wildman–Crippen LogP) is 2.40. The zero-order valence-electron chi connectivity index (χ0n) is 17.8. The Morgan fingerprint density at radius 1 is 1.10 bits per heavy atom. The molecular weight excluding hydrogens is 396 g/mol. The van der Waals surface area contributed by atoms with E-state index in [0.717, 1.165) is 23.3 Å². The number of aryl methyl sites for hydroxylation is 1. The number of anilines is 1. The third-order valence-electron chi connectivity index (χ3n) is 5.28. The highest BCUT2D eigenvalue weighted by Crippen LogP contribution is 2.29. The molecule has 1 heterocycles. The maximum atomic E-state index is 13.0. The van der Waals surface area contributed by atoms with Gasteiger partial charge in [-0.3, -0.25) is 19.3 Å². The van der Waals surface area contributed by atoms with Crippen molar-refractivity contribution >= 4 is 29.4 Å². The van der Waals surface area contributed by atoms with Gasteiger partial charge in [0.05, 0.1) is 0 Å². The fraction of sp³-hybridized carbons (Fsp3) is 0.304. The van der Waals surface area contributed by atoms with Gasteiger partial charge >= 0.3 is 6.03 Å². The summed E-state index contributed by atoms with van der Waals surface area (Å²) in [6.45, 7) is 3.29. The lowest BCUT2D eigenvalue weighted by molar-refractivity contribution is -0.133. The Labute approximate surface area is 181 Å². The number of rotatable bonds is 7. The van der Waals surface area contributed by atoms with Gasteiger partial charge in [0, 0.05) is 18.3 Å². The van der Waals surface area contributed by atoms with Crippen molar-refractivity contribution in [3.05, 3.63) is 65.2 Å². The van der Waals surface area contributed by atoms with Crippen molar-refractivity contribution in [2.75, 3.05) is 18.9 Å². The minimum Gasteiger partial charge on any atom is -0.355 e. The Hall–Kier alpha value is -3.68. The molecule has 5 amide bonds. The van der Waals surface area contributed by atoms with Crippen molar-refractivity contribution < 1.29 is 19.2 Å². The van der Waals surface area contributed by atoms with Crippen molar-refractivity contribution in [1.29, 1.82) is 0 Å². The Bertz CT molecular complexity index is 1020. The first kappa shape index (κ1) is 22.0. The van der Waals surface area contributed by atoms with E-state index in [1.165, 1.54) is 13.1 Å². The number of carbonyl (C=O) groups excluding carboxylic acids is 4. The maximum Gasteiger partial charge on any atom is 0.325 e. The van der Waals surface area contributed by atoms with E-state index in [0.29, 0.717) is 16.8 Å². The van der Waals surface area contributed by atoms with Crippen LogP contribution in [0.2, 0.25) is 0 Å². The number of hydrogen-bond donors (Lipinski definition) is 3. The molecule has 8 nitrogen and oxygen atoms in total. The predicted molar refractivity (Wildman–Crippen MR) is 116 cm³/mol. The second-order valence-electron chi connectivity index (χ2n) is 7.60. The molecule has 2 aromatic carbocycles. The van der Waals surface area contributed by atoms with Gasteiger partial charge in [0.25, 0.3) is 11.8 Å². The largest absolute Gasteiger partial charge is 0.355 e. The second kappa shape index (κ2) is 8.99. The molecule has 1 fully saturated rings. The molecule has 31 heavy (non-hydrogen) atoms. The molecule has 1 saturated heterocycles. The smallest absolute Gasteiger partial charge is 0.325 e. The van der Waals surface area contributed by atoms with Crippen LogP contribution >= 0.6 is 0 Å². The third kappa shape index (κ3) is 4.58. The van der Waals surface area contributed by atoms with Gasteiger partial charge in [0.1, 0.15) is 12.1 Å². The lowest BCUT2D eigenvalue weighted by Crippen LogP contribution is -2.42. The van der Waals surface area contributed by atoms with Crippen molar-refractivity contribution in [3.63, 3.8) is 0 Å². The Kier molecular flexibility index (Phi) is 6.39. The monoisotopic (exact) mass is 422 g/mol. The molecule has 2 aromatic rings. The standard InChI is InChI=1S/C23H26N4O4/c1-4-6-15-9-11-17(12-10-15)23(2)21(30)27(22(31)26-23)14-19(28)25-18-8-5-7-16(13-18)20(29)24-3/h5,7-13H,4,6,14H2,1-3H3,(H,24,29)(H,25,28)(H,26,31)/t23-/m1/s1. The van der Waals surface area contributed by atoms with E-state index >= 15 is 0 Å². The lowest BCUT2D eigenvalue weighted by atomic mass is 9.91. The van der Waals surface area contributed by atoms with E-state index < -0.39 is 29.9 Å². The number of nitrogens with one attached hydrogen (secondary N) is 3. The van der Waals surface area contributed by atoms with Crippen LogP contribution in [0, 0.1) is 0 Å². The third-order valence-corrected chi connectivity index (χ3v) is 5.28. The molecule has 0 spiro atoms. The van der Waals surface area contributed by atoms with Crippen molar-refractivity contribution in [2.24, 2.45) is 0 Å². The van der Waals surface area contributed by atoms with Gasteiger partial charge in [-0.05, 0) is 42.7 Å². The van der Waals surface area contributed by atoms with Crippen LogP contribution < -0.4 is 16.0 Å². The summed E-state index contributed by atoms with van der Waals surface area (Å²) in [6, 6.07) is 13.3. The molecule has 1 atom stereocenters. The first-order valence-electron chi connectivity index (χ1n) is 10.1. The summed E-state index contributed by atoms with van der Waals surface area (Å²) in [4.78, 5) is 50.6. The van der Waals surface area contributed by atoms with Crippen LogP contribution in [0.4, 0.5) is 10.5 Å². The average molecular weight is 422 g/mol. The quantitative estimate of drug-likeness (QED) is 0.596. The van der Waals surface area contributed by atoms with Gasteiger partial charge in [-0.25, -0.2) is 4.79 Å². The molecule has 0 radical (unpaired) electrons. The van der Waals surface area contributed by atoms with E-state index in [4.69, 9.17) is 0 Å². The Morgan fingerprint density at radius 3 is 2.45 bits per heavy atom. The second-order valence-corrected chi connectivity index (χ2v) is 7.60. The van der Waals surface area contributed by atoms with Crippen molar-refractivity contribution in [3.8, 4) is 0 Å². The molecule has 0 aliphatic carbocycles. The summed E-state index contributed by atoms with van der Waals surface area (Å²) in [7, 11) is 1.51. The highest BCUT2D eigenvalue weighted by atomic mass is 16.2. The fourth-order valence-electron chi connectivity index (χ4n) is 3.56. The summed E-state index contributed by atoms with van der Waals surface area (Å²) in [5, 5.41) is 7.84. The maximum absolute atomic E-state index is 13.0. The number of nitrogens with zero attached hydrogens (tertiary/aromatic N) is 1.